The third-order valence-corrected chi connectivity index (χ3v) is 3.66. The summed E-state index contributed by atoms with van der Waals surface area (Å²) < 4.78 is 0. The molecule has 1 aromatic rings. The van der Waals surface area contributed by atoms with Crippen LogP contribution in [-0.2, 0) is 5.54 Å². The Hall–Kier alpha value is -0.960. The van der Waals surface area contributed by atoms with Gasteiger partial charge in [0.15, 0.2) is 0 Å². The van der Waals surface area contributed by atoms with E-state index >= 15 is 0 Å². The van der Waals surface area contributed by atoms with Crippen LogP contribution in [0.15, 0.2) is 6.07 Å². The van der Waals surface area contributed by atoms with Crippen molar-refractivity contribution in [2.75, 3.05) is 0 Å². The summed E-state index contributed by atoms with van der Waals surface area (Å²) in [5.41, 5.74) is 8.23. The zero-order chi connectivity index (χ0) is 13.9. The second kappa shape index (κ2) is 5.79. The van der Waals surface area contributed by atoms with Gasteiger partial charge in [-0.15, -0.1) is 0 Å². The van der Waals surface area contributed by atoms with Crippen LogP contribution in [0.25, 0.3) is 0 Å². The molecule has 0 aliphatic heterocycles. The number of hydrogen-bond donors (Lipinski definition) is 1. The van der Waals surface area contributed by atoms with Gasteiger partial charge in [-0.3, -0.25) is 0 Å². The summed E-state index contributed by atoms with van der Waals surface area (Å²) in [4.78, 5) is 9.39. The summed E-state index contributed by atoms with van der Waals surface area (Å²) >= 11 is 0. The normalized spacial score (nSPS) is 12.5. The van der Waals surface area contributed by atoms with Gasteiger partial charge in [0, 0.05) is 11.4 Å². The Labute approximate surface area is 111 Å². The van der Waals surface area contributed by atoms with Gasteiger partial charge in [-0.05, 0) is 30.7 Å². The smallest absolute Gasteiger partial charge is 0.148 e. The van der Waals surface area contributed by atoms with Gasteiger partial charge in [-0.1, -0.05) is 41.5 Å². The van der Waals surface area contributed by atoms with Gasteiger partial charge >= 0.3 is 0 Å². The van der Waals surface area contributed by atoms with Crippen molar-refractivity contribution in [1.29, 1.82) is 0 Å². The maximum Gasteiger partial charge on any atom is 0.148 e. The van der Waals surface area contributed by atoms with Crippen molar-refractivity contribution in [2.24, 2.45) is 5.73 Å². The van der Waals surface area contributed by atoms with E-state index in [1.165, 1.54) is 0 Å². The van der Waals surface area contributed by atoms with Gasteiger partial charge in [0.05, 0.1) is 5.54 Å². The highest BCUT2D eigenvalue weighted by Crippen LogP contribution is 2.26. The average Bonchev–Trinajstić information content (AvgIpc) is 2.37. The van der Waals surface area contributed by atoms with Crippen LogP contribution >= 0.6 is 0 Å². The van der Waals surface area contributed by atoms with Crippen molar-refractivity contribution >= 4 is 0 Å². The van der Waals surface area contributed by atoms with Crippen LogP contribution in [0.3, 0.4) is 0 Å². The van der Waals surface area contributed by atoms with Crippen molar-refractivity contribution < 1.29 is 0 Å². The van der Waals surface area contributed by atoms with E-state index in [0.29, 0.717) is 11.8 Å². The SMILES string of the molecule is CCC(N)(CC)c1nc(C(C)C)cc(C(C)C)n1. The third kappa shape index (κ3) is 3.08. The fraction of sp³-hybridized carbons (Fsp3) is 0.733. The molecule has 0 saturated carbocycles. The minimum atomic E-state index is -0.394. The molecule has 0 aliphatic carbocycles. The highest BCUT2D eigenvalue weighted by atomic mass is 15.0. The Bertz CT molecular complexity index is 366. The highest BCUT2D eigenvalue weighted by molar-refractivity contribution is 5.20. The second-order valence-electron chi connectivity index (χ2n) is 5.71. The summed E-state index contributed by atoms with van der Waals surface area (Å²) in [5.74, 6) is 1.62. The van der Waals surface area contributed by atoms with E-state index in [1.54, 1.807) is 0 Å². The maximum absolute atomic E-state index is 6.43. The lowest BCUT2D eigenvalue weighted by molar-refractivity contribution is 0.383. The number of nitrogens with two attached hydrogens (primary N) is 1. The molecule has 0 bridgehead atoms. The van der Waals surface area contributed by atoms with Crippen LogP contribution in [0, 0.1) is 0 Å². The summed E-state index contributed by atoms with van der Waals surface area (Å²) in [6.45, 7) is 12.8. The fourth-order valence-corrected chi connectivity index (χ4v) is 1.87. The van der Waals surface area contributed by atoms with Gasteiger partial charge in [-0.25, -0.2) is 9.97 Å². The summed E-state index contributed by atoms with van der Waals surface area (Å²) in [5, 5.41) is 0. The summed E-state index contributed by atoms with van der Waals surface area (Å²) in [6.07, 6.45) is 1.73. The first-order chi connectivity index (χ1) is 8.34. The molecule has 2 N–H and O–H groups in total. The first-order valence-electron chi connectivity index (χ1n) is 7.02. The van der Waals surface area contributed by atoms with Gasteiger partial charge in [-0.2, -0.15) is 0 Å². The quantitative estimate of drug-likeness (QED) is 0.865. The first kappa shape index (κ1) is 15.1. The molecule has 0 unspecified atom stereocenters. The van der Waals surface area contributed by atoms with Gasteiger partial charge in [0.1, 0.15) is 5.82 Å². The molecule has 0 saturated heterocycles. The molecule has 0 spiro atoms. The average molecular weight is 249 g/mol. The lowest BCUT2D eigenvalue weighted by Crippen LogP contribution is -2.37. The minimum absolute atomic E-state index is 0.394. The van der Waals surface area contributed by atoms with Crippen molar-refractivity contribution in [1.82, 2.24) is 9.97 Å². The van der Waals surface area contributed by atoms with Crippen LogP contribution in [0.1, 0.15) is 83.4 Å². The molecule has 0 aliphatic rings. The van der Waals surface area contributed by atoms with Gasteiger partial charge in [0.2, 0.25) is 0 Å². The molecular formula is C15H27N3. The topological polar surface area (TPSA) is 51.8 Å². The second-order valence-corrected chi connectivity index (χ2v) is 5.71. The Balaban J connectivity index is 3.35. The molecule has 0 amide bonds. The fourth-order valence-electron chi connectivity index (χ4n) is 1.87. The largest absolute Gasteiger partial charge is 0.319 e. The van der Waals surface area contributed by atoms with Crippen molar-refractivity contribution in [3.63, 3.8) is 0 Å². The summed E-state index contributed by atoms with van der Waals surface area (Å²) in [6, 6.07) is 2.12. The predicted molar refractivity (Wildman–Crippen MR) is 76.7 cm³/mol. The maximum atomic E-state index is 6.43. The van der Waals surface area contributed by atoms with E-state index in [4.69, 9.17) is 15.7 Å². The predicted octanol–water partition coefficient (Wildman–Crippen LogP) is 3.70. The van der Waals surface area contributed by atoms with Gasteiger partial charge in [0.25, 0.3) is 0 Å². The van der Waals surface area contributed by atoms with E-state index < -0.39 is 5.54 Å². The zero-order valence-corrected chi connectivity index (χ0v) is 12.6. The van der Waals surface area contributed by atoms with Crippen molar-refractivity contribution in [3.8, 4) is 0 Å². The molecule has 3 nitrogen and oxygen atoms in total. The minimum Gasteiger partial charge on any atom is -0.319 e. The Morgan fingerprint density at radius 2 is 1.39 bits per heavy atom. The molecule has 1 aromatic heterocycles. The molecule has 0 fully saturated rings. The molecule has 0 radical (unpaired) electrons. The molecule has 0 aromatic carbocycles. The van der Waals surface area contributed by atoms with Crippen LogP contribution < -0.4 is 5.73 Å². The Morgan fingerprint density at radius 3 is 1.67 bits per heavy atom. The molecular weight excluding hydrogens is 222 g/mol. The lowest BCUT2D eigenvalue weighted by Gasteiger charge is -2.26. The molecule has 102 valence electrons. The Morgan fingerprint density at radius 1 is 1.00 bits per heavy atom. The Kier molecular flexibility index (Phi) is 4.85. The summed E-state index contributed by atoms with van der Waals surface area (Å²) in [7, 11) is 0. The van der Waals surface area contributed by atoms with E-state index in [2.05, 4.69) is 47.6 Å². The third-order valence-electron chi connectivity index (χ3n) is 3.66. The van der Waals surface area contributed by atoms with E-state index in [9.17, 15) is 0 Å². The first-order valence-corrected chi connectivity index (χ1v) is 7.02. The van der Waals surface area contributed by atoms with E-state index in [0.717, 1.165) is 30.1 Å². The lowest BCUT2D eigenvalue weighted by atomic mass is 9.92. The van der Waals surface area contributed by atoms with Crippen molar-refractivity contribution in [3.05, 3.63) is 23.3 Å². The monoisotopic (exact) mass is 249 g/mol. The number of rotatable bonds is 5. The molecule has 1 rings (SSSR count). The standard InChI is InChI=1S/C15H27N3/c1-7-15(16,8-2)14-17-12(10(3)4)9-13(18-14)11(5)6/h9-11H,7-8,16H2,1-6H3. The number of hydrogen-bond acceptors (Lipinski definition) is 3. The molecule has 18 heavy (non-hydrogen) atoms. The molecule has 3 heteroatoms. The van der Waals surface area contributed by atoms with Gasteiger partial charge < -0.3 is 5.73 Å². The van der Waals surface area contributed by atoms with Crippen LogP contribution in [0.5, 0.6) is 0 Å². The molecule has 0 atom stereocenters. The van der Waals surface area contributed by atoms with E-state index in [1.807, 2.05) is 0 Å². The molecule has 1 heterocycles. The van der Waals surface area contributed by atoms with Crippen LogP contribution in [-0.4, -0.2) is 9.97 Å². The number of aromatic nitrogens is 2. The van der Waals surface area contributed by atoms with Crippen LogP contribution in [0.4, 0.5) is 0 Å². The van der Waals surface area contributed by atoms with Crippen molar-refractivity contribution in [2.45, 2.75) is 71.8 Å². The van der Waals surface area contributed by atoms with E-state index in [-0.39, 0.29) is 0 Å². The zero-order valence-electron chi connectivity index (χ0n) is 12.6. The van der Waals surface area contributed by atoms with Crippen LogP contribution in [0.2, 0.25) is 0 Å². The number of nitrogens with zero attached hydrogens (tertiary/aromatic N) is 2. The highest BCUT2D eigenvalue weighted by Gasteiger charge is 2.27.